The standard InChI is InChI=1S/C13H29NO2S/c1-11(12(2,3)4)9-10-14(13(5,6)7)17(8,15)16/h11H,9-10H2,1-8H3/t11-/m1/s1. The molecule has 0 aromatic carbocycles. The molecular formula is C13H29NO2S. The molecule has 3 nitrogen and oxygen atoms in total. The van der Waals surface area contributed by atoms with E-state index in [4.69, 9.17) is 0 Å². The van der Waals surface area contributed by atoms with Crippen LogP contribution >= 0.6 is 0 Å². The lowest BCUT2D eigenvalue weighted by atomic mass is 9.80. The van der Waals surface area contributed by atoms with E-state index in [1.54, 1.807) is 4.31 Å². The van der Waals surface area contributed by atoms with Crippen LogP contribution in [0.5, 0.6) is 0 Å². The maximum absolute atomic E-state index is 11.8. The number of rotatable bonds is 4. The molecule has 0 rings (SSSR count). The third-order valence-electron chi connectivity index (χ3n) is 3.39. The van der Waals surface area contributed by atoms with Gasteiger partial charge in [-0.3, -0.25) is 0 Å². The molecule has 0 aliphatic carbocycles. The molecule has 0 aromatic rings. The van der Waals surface area contributed by atoms with Crippen LogP contribution in [-0.4, -0.2) is 31.1 Å². The first-order valence-electron chi connectivity index (χ1n) is 6.24. The first kappa shape index (κ1) is 16.9. The summed E-state index contributed by atoms with van der Waals surface area (Å²) in [5.74, 6) is 0.495. The minimum absolute atomic E-state index is 0.223. The van der Waals surface area contributed by atoms with Gasteiger partial charge in [-0.1, -0.05) is 27.7 Å². The maximum Gasteiger partial charge on any atom is 0.211 e. The van der Waals surface area contributed by atoms with Crippen LogP contribution in [0.3, 0.4) is 0 Å². The Bertz CT molecular complexity index is 333. The molecule has 0 aliphatic heterocycles. The molecule has 0 unspecified atom stereocenters. The molecule has 0 spiro atoms. The molecule has 0 bridgehead atoms. The molecule has 1 atom stereocenters. The molecule has 0 aromatic heterocycles. The van der Waals surface area contributed by atoms with Gasteiger partial charge in [-0.05, 0) is 38.5 Å². The highest BCUT2D eigenvalue weighted by Crippen LogP contribution is 2.29. The molecule has 0 saturated carbocycles. The van der Waals surface area contributed by atoms with E-state index in [0.29, 0.717) is 12.5 Å². The minimum atomic E-state index is -3.13. The van der Waals surface area contributed by atoms with Gasteiger partial charge in [0.15, 0.2) is 0 Å². The third kappa shape index (κ3) is 5.87. The van der Waals surface area contributed by atoms with E-state index < -0.39 is 10.0 Å². The van der Waals surface area contributed by atoms with E-state index in [-0.39, 0.29) is 11.0 Å². The van der Waals surface area contributed by atoms with Crippen LogP contribution in [0.1, 0.15) is 54.9 Å². The summed E-state index contributed by atoms with van der Waals surface area (Å²) < 4.78 is 25.1. The fourth-order valence-corrected chi connectivity index (χ4v) is 3.17. The van der Waals surface area contributed by atoms with Gasteiger partial charge in [0, 0.05) is 12.1 Å². The number of sulfonamides is 1. The van der Waals surface area contributed by atoms with Crippen molar-refractivity contribution in [2.75, 3.05) is 12.8 Å². The predicted octanol–water partition coefficient (Wildman–Crippen LogP) is 3.12. The SMILES string of the molecule is C[C@H](CCN(C(C)(C)C)S(C)(=O)=O)C(C)(C)C. The lowest BCUT2D eigenvalue weighted by Gasteiger charge is -2.36. The second-order valence-electron chi connectivity index (χ2n) is 7.06. The second kappa shape index (κ2) is 5.27. The Morgan fingerprint density at radius 2 is 1.47 bits per heavy atom. The number of hydrogen-bond acceptors (Lipinski definition) is 2. The molecule has 104 valence electrons. The average molecular weight is 263 g/mol. The average Bonchev–Trinajstić information content (AvgIpc) is 1.96. The van der Waals surface area contributed by atoms with Gasteiger partial charge in [-0.25, -0.2) is 8.42 Å². The first-order valence-corrected chi connectivity index (χ1v) is 8.09. The maximum atomic E-state index is 11.8. The molecule has 4 heteroatoms. The highest BCUT2D eigenvalue weighted by Gasteiger charge is 2.30. The van der Waals surface area contributed by atoms with E-state index in [1.165, 1.54) is 6.26 Å². The first-order chi connectivity index (χ1) is 7.26. The van der Waals surface area contributed by atoms with Crippen LogP contribution in [0.15, 0.2) is 0 Å². The van der Waals surface area contributed by atoms with Crippen LogP contribution in [0.25, 0.3) is 0 Å². The summed E-state index contributed by atoms with van der Waals surface area (Å²) in [5.41, 5.74) is -0.119. The summed E-state index contributed by atoms with van der Waals surface area (Å²) in [6, 6.07) is 0. The van der Waals surface area contributed by atoms with Crippen LogP contribution in [-0.2, 0) is 10.0 Å². The molecule has 17 heavy (non-hydrogen) atoms. The fourth-order valence-electron chi connectivity index (χ4n) is 1.74. The lowest BCUT2D eigenvalue weighted by Crippen LogP contribution is -2.46. The van der Waals surface area contributed by atoms with Crippen molar-refractivity contribution in [3.05, 3.63) is 0 Å². The largest absolute Gasteiger partial charge is 0.212 e. The van der Waals surface area contributed by atoms with Gasteiger partial charge in [-0.2, -0.15) is 4.31 Å². The van der Waals surface area contributed by atoms with Crippen molar-refractivity contribution >= 4 is 10.0 Å². The Balaban J connectivity index is 4.73. The zero-order valence-electron chi connectivity index (χ0n) is 12.7. The van der Waals surface area contributed by atoms with E-state index in [0.717, 1.165) is 6.42 Å². The summed E-state index contributed by atoms with van der Waals surface area (Å²) in [4.78, 5) is 0. The summed E-state index contributed by atoms with van der Waals surface area (Å²) in [5, 5.41) is 0. The Hall–Kier alpha value is -0.0900. The van der Waals surface area contributed by atoms with Crippen LogP contribution in [0.4, 0.5) is 0 Å². The topological polar surface area (TPSA) is 37.4 Å². The predicted molar refractivity (Wildman–Crippen MR) is 74.5 cm³/mol. The summed E-state index contributed by atoms with van der Waals surface area (Å²) >= 11 is 0. The van der Waals surface area contributed by atoms with Crippen molar-refractivity contribution in [1.29, 1.82) is 0 Å². The normalized spacial score (nSPS) is 16.3. The highest BCUT2D eigenvalue weighted by molar-refractivity contribution is 7.88. The van der Waals surface area contributed by atoms with E-state index >= 15 is 0 Å². The Morgan fingerprint density at radius 1 is 1.06 bits per heavy atom. The molecule has 0 amide bonds. The molecular weight excluding hydrogens is 234 g/mol. The van der Waals surface area contributed by atoms with Crippen LogP contribution < -0.4 is 0 Å². The van der Waals surface area contributed by atoms with Crippen molar-refractivity contribution in [3.8, 4) is 0 Å². The molecule has 0 saturated heterocycles. The van der Waals surface area contributed by atoms with E-state index in [9.17, 15) is 8.42 Å². The van der Waals surface area contributed by atoms with Crippen LogP contribution in [0.2, 0.25) is 0 Å². The summed E-state index contributed by atoms with van der Waals surface area (Å²) in [6.45, 7) is 15.2. The smallest absolute Gasteiger partial charge is 0.211 e. The van der Waals surface area contributed by atoms with Gasteiger partial charge in [0.1, 0.15) is 0 Å². The quantitative estimate of drug-likeness (QED) is 0.781. The van der Waals surface area contributed by atoms with Gasteiger partial charge in [0.2, 0.25) is 10.0 Å². The monoisotopic (exact) mass is 263 g/mol. The zero-order chi connectivity index (χ0) is 14.1. The molecule has 0 radical (unpaired) electrons. The second-order valence-corrected chi connectivity index (χ2v) is 8.97. The van der Waals surface area contributed by atoms with Gasteiger partial charge < -0.3 is 0 Å². The lowest BCUT2D eigenvalue weighted by molar-refractivity contribution is 0.192. The van der Waals surface area contributed by atoms with Crippen molar-refractivity contribution in [2.24, 2.45) is 11.3 Å². The molecule has 0 N–H and O–H groups in total. The Labute approximate surface area is 108 Å². The van der Waals surface area contributed by atoms with Crippen molar-refractivity contribution in [2.45, 2.75) is 60.4 Å². The zero-order valence-corrected chi connectivity index (χ0v) is 13.5. The van der Waals surface area contributed by atoms with Gasteiger partial charge in [0.25, 0.3) is 0 Å². The summed E-state index contributed by atoms with van der Waals surface area (Å²) in [7, 11) is -3.13. The Morgan fingerprint density at radius 3 is 1.71 bits per heavy atom. The highest BCUT2D eigenvalue weighted by atomic mass is 32.2. The van der Waals surface area contributed by atoms with Gasteiger partial charge in [-0.15, -0.1) is 0 Å². The summed E-state index contributed by atoms with van der Waals surface area (Å²) in [6.07, 6.45) is 2.19. The number of hydrogen-bond donors (Lipinski definition) is 0. The van der Waals surface area contributed by atoms with E-state index in [2.05, 4.69) is 27.7 Å². The number of nitrogens with zero attached hydrogens (tertiary/aromatic N) is 1. The van der Waals surface area contributed by atoms with Gasteiger partial charge in [0.05, 0.1) is 6.26 Å². The minimum Gasteiger partial charge on any atom is -0.212 e. The Kier molecular flexibility index (Phi) is 5.24. The van der Waals surface area contributed by atoms with E-state index in [1.807, 2.05) is 20.8 Å². The molecule has 0 fully saturated rings. The third-order valence-corrected chi connectivity index (χ3v) is 4.92. The van der Waals surface area contributed by atoms with Gasteiger partial charge >= 0.3 is 0 Å². The van der Waals surface area contributed by atoms with Crippen molar-refractivity contribution < 1.29 is 8.42 Å². The van der Waals surface area contributed by atoms with Crippen molar-refractivity contribution in [1.82, 2.24) is 4.31 Å². The van der Waals surface area contributed by atoms with Crippen LogP contribution in [0, 0.1) is 11.3 Å². The fraction of sp³-hybridized carbons (Fsp3) is 1.00. The molecule has 0 heterocycles. The van der Waals surface area contributed by atoms with Crippen molar-refractivity contribution in [3.63, 3.8) is 0 Å². The molecule has 0 aliphatic rings.